The fraction of sp³-hybridized carbons (Fsp3) is 0.158. The largest absolute Gasteiger partial charge is 0.454 e. The van der Waals surface area contributed by atoms with Crippen LogP contribution in [0, 0.1) is 0 Å². The number of fused-ring (bicyclic) bond motifs is 1. The summed E-state index contributed by atoms with van der Waals surface area (Å²) in [6.07, 6.45) is 1.66. The molecule has 27 heavy (non-hydrogen) atoms. The number of carbonyl (C=O) groups excluding carboxylic acids is 1. The van der Waals surface area contributed by atoms with Gasteiger partial charge in [0.1, 0.15) is 0 Å². The van der Waals surface area contributed by atoms with Crippen LogP contribution in [0.15, 0.2) is 62.8 Å². The van der Waals surface area contributed by atoms with Gasteiger partial charge in [-0.05, 0) is 29.8 Å². The summed E-state index contributed by atoms with van der Waals surface area (Å²) in [5.41, 5.74) is 1.88. The summed E-state index contributed by atoms with van der Waals surface area (Å²) in [5.74, 6) is 2.23. The number of thioether (sulfide) groups is 1. The van der Waals surface area contributed by atoms with Crippen molar-refractivity contribution in [2.24, 2.45) is 0 Å². The molecule has 1 amide bonds. The first-order chi connectivity index (χ1) is 13.2. The Bertz CT molecular complexity index is 976. The van der Waals surface area contributed by atoms with E-state index in [9.17, 15) is 4.79 Å². The molecule has 0 radical (unpaired) electrons. The molecular formula is C19H15BrN2O4S. The second kappa shape index (κ2) is 8.06. The van der Waals surface area contributed by atoms with Crippen molar-refractivity contribution in [1.82, 2.24) is 10.3 Å². The van der Waals surface area contributed by atoms with Gasteiger partial charge in [-0.3, -0.25) is 4.79 Å². The van der Waals surface area contributed by atoms with E-state index in [1.54, 1.807) is 6.20 Å². The molecule has 0 atom stereocenters. The van der Waals surface area contributed by atoms with Gasteiger partial charge in [-0.15, -0.1) is 0 Å². The average Bonchev–Trinajstić information content (AvgIpc) is 3.33. The molecule has 0 aliphatic carbocycles. The Kier molecular flexibility index (Phi) is 5.35. The number of hydrogen-bond acceptors (Lipinski definition) is 6. The van der Waals surface area contributed by atoms with E-state index in [4.69, 9.17) is 13.9 Å². The minimum atomic E-state index is -0.0973. The fourth-order valence-electron chi connectivity index (χ4n) is 2.53. The number of benzene rings is 2. The molecule has 6 nitrogen and oxygen atoms in total. The maximum atomic E-state index is 12.1. The summed E-state index contributed by atoms with van der Waals surface area (Å²) < 4.78 is 17.3. The lowest BCUT2D eigenvalue weighted by Crippen LogP contribution is -2.24. The number of aromatic nitrogens is 1. The zero-order chi connectivity index (χ0) is 18.6. The van der Waals surface area contributed by atoms with Gasteiger partial charge in [-0.1, -0.05) is 45.9 Å². The van der Waals surface area contributed by atoms with Crippen molar-refractivity contribution in [3.8, 4) is 22.8 Å². The molecule has 1 N–H and O–H groups in total. The van der Waals surface area contributed by atoms with E-state index >= 15 is 0 Å². The zero-order valence-corrected chi connectivity index (χ0v) is 16.5. The second-order valence-corrected chi connectivity index (χ2v) is 7.60. The monoisotopic (exact) mass is 446 g/mol. The van der Waals surface area contributed by atoms with Crippen LogP contribution in [0.2, 0.25) is 0 Å². The third-order valence-electron chi connectivity index (χ3n) is 3.85. The summed E-state index contributed by atoms with van der Waals surface area (Å²) in [4.78, 5) is 16.3. The predicted octanol–water partition coefficient (Wildman–Crippen LogP) is 4.24. The molecule has 3 aromatic rings. The third-order valence-corrected chi connectivity index (χ3v) is 5.18. The zero-order valence-electron chi connectivity index (χ0n) is 14.1. The number of halogens is 1. The van der Waals surface area contributed by atoms with Crippen LogP contribution in [-0.4, -0.2) is 23.4 Å². The normalized spacial score (nSPS) is 12.2. The molecule has 0 saturated carbocycles. The van der Waals surface area contributed by atoms with Gasteiger partial charge in [0.2, 0.25) is 12.7 Å². The predicted molar refractivity (Wildman–Crippen MR) is 105 cm³/mol. The van der Waals surface area contributed by atoms with E-state index in [-0.39, 0.29) is 18.5 Å². The van der Waals surface area contributed by atoms with Crippen molar-refractivity contribution in [1.29, 1.82) is 0 Å². The smallest absolute Gasteiger partial charge is 0.256 e. The van der Waals surface area contributed by atoms with E-state index in [1.807, 2.05) is 42.5 Å². The first kappa shape index (κ1) is 17.9. The molecule has 1 aromatic heterocycles. The molecule has 2 heterocycles. The highest BCUT2D eigenvalue weighted by Crippen LogP contribution is 2.32. The van der Waals surface area contributed by atoms with Gasteiger partial charge in [0.05, 0.1) is 11.9 Å². The van der Waals surface area contributed by atoms with E-state index < -0.39 is 0 Å². The van der Waals surface area contributed by atoms with Crippen molar-refractivity contribution in [2.45, 2.75) is 11.8 Å². The van der Waals surface area contributed by atoms with Gasteiger partial charge in [0, 0.05) is 16.6 Å². The lowest BCUT2D eigenvalue weighted by Gasteiger charge is -2.05. The topological polar surface area (TPSA) is 73.6 Å². The Morgan fingerprint density at radius 3 is 2.96 bits per heavy atom. The van der Waals surface area contributed by atoms with Crippen LogP contribution < -0.4 is 14.8 Å². The van der Waals surface area contributed by atoms with Crippen molar-refractivity contribution >= 4 is 33.6 Å². The Morgan fingerprint density at radius 2 is 2.07 bits per heavy atom. The molecule has 1 aliphatic rings. The molecule has 0 unspecified atom stereocenters. The maximum Gasteiger partial charge on any atom is 0.256 e. The SMILES string of the molecule is O=C(CSc1ncc(-c2cccc(Br)c2)o1)NCc1ccc2c(c1)OCO2. The molecule has 138 valence electrons. The number of hydrogen-bond donors (Lipinski definition) is 1. The van der Waals surface area contributed by atoms with Crippen LogP contribution in [0.5, 0.6) is 11.5 Å². The van der Waals surface area contributed by atoms with E-state index in [2.05, 4.69) is 26.2 Å². The molecule has 0 saturated heterocycles. The maximum absolute atomic E-state index is 12.1. The Morgan fingerprint density at radius 1 is 1.19 bits per heavy atom. The fourth-order valence-corrected chi connectivity index (χ4v) is 3.56. The van der Waals surface area contributed by atoms with Crippen LogP contribution in [0.1, 0.15) is 5.56 Å². The molecule has 4 rings (SSSR count). The molecular weight excluding hydrogens is 432 g/mol. The molecule has 2 aromatic carbocycles. The van der Waals surface area contributed by atoms with Gasteiger partial charge in [-0.2, -0.15) is 0 Å². The standard InChI is InChI=1S/C19H15BrN2O4S/c20-14-3-1-2-13(7-14)17-9-22-19(26-17)27-10-18(23)21-8-12-4-5-15-16(6-12)25-11-24-15/h1-7,9H,8,10-11H2,(H,21,23). The van der Waals surface area contributed by atoms with Gasteiger partial charge in [0.15, 0.2) is 17.3 Å². The van der Waals surface area contributed by atoms with Crippen molar-refractivity contribution in [3.63, 3.8) is 0 Å². The number of oxazole rings is 1. The molecule has 0 spiro atoms. The lowest BCUT2D eigenvalue weighted by molar-refractivity contribution is -0.118. The highest BCUT2D eigenvalue weighted by molar-refractivity contribution is 9.10. The van der Waals surface area contributed by atoms with Gasteiger partial charge in [-0.25, -0.2) is 4.98 Å². The number of amides is 1. The number of nitrogens with zero attached hydrogens (tertiary/aromatic N) is 1. The van der Waals surface area contributed by atoms with E-state index in [0.717, 1.165) is 21.3 Å². The first-order valence-corrected chi connectivity index (χ1v) is 9.95. The Balaban J connectivity index is 1.28. The highest BCUT2D eigenvalue weighted by atomic mass is 79.9. The van der Waals surface area contributed by atoms with Crippen LogP contribution in [0.3, 0.4) is 0 Å². The molecule has 0 fully saturated rings. The van der Waals surface area contributed by atoms with Crippen molar-refractivity contribution in [2.75, 3.05) is 12.5 Å². The van der Waals surface area contributed by atoms with Crippen LogP contribution in [0.25, 0.3) is 11.3 Å². The van der Waals surface area contributed by atoms with Crippen molar-refractivity contribution < 1.29 is 18.7 Å². The van der Waals surface area contributed by atoms with Crippen molar-refractivity contribution in [3.05, 3.63) is 58.7 Å². The summed E-state index contributed by atoms with van der Waals surface area (Å²) in [7, 11) is 0. The number of ether oxygens (including phenoxy) is 2. The van der Waals surface area contributed by atoms with E-state index in [1.165, 1.54) is 11.8 Å². The Hall–Kier alpha value is -2.45. The minimum absolute atomic E-state index is 0.0973. The van der Waals surface area contributed by atoms with Crippen LogP contribution in [-0.2, 0) is 11.3 Å². The van der Waals surface area contributed by atoms with Crippen LogP contribution >= 0.6 is 27.7 Å². The summed E-state index contributed by atoms with van der Waals surface area (Å²) in [5, 5.41) is 3.34. The minimum Gasteiger partial charge on any atom is -0.454 e. The summed E-state index contributed by atoms with van der Waals surface area (Å²) in [6, 6.07) is 13.4. The molecule has 8 heteroatoms. The van der Waals surface area contributed by atoms with Gasteiger partial charge >= 0.3 is 0 Å². The Labute approximate surface area is 168 Å². The number of carbonyl (C=O) groups is 1. The van der Waals surface area contributed by atoms with E-state index in [0.29, 0.717) is 23.3 Å². The average molecular weight is 447 g/mol. The number of rotatable bonds is 6. The first-order valence-electron chi connectivity index (χ1n) is 8.17. The summed E-state index contributed by atoms with van der Waals surface area (Å²) in [6.45, 7) is 0.658. The lowest BCUT2D eigenvalue weighted by atomic mass is 10.2. The highest BCUT2D eigenvalue weighted by Gasteiger charge is 2.14. The molecule has 1 aliphatic heterocycles. The third kappa shape index (κ3) is 4.45. The second-order valence-electron chi connectivity index (χ2n) is 5.75. The van der Waals surface area contributed by atoms with Gasteiger partial charge < -0.3 is 19.2 Å². The molecule has 0 bridgehead atoms. The summed E-state index contributed by atoms with van der Waals surface area (Å²) >= 11 is 4.69. The van der Waals surface area contributed by atoms with Crippen LogP contribution in [0.4, 0.5) is 0 Å². The van der Waals surface area contributed by atoms with Gasteiger partial charge in [0.25, 0.3) is 5.22 Å². The quantitative estimate of drug-likeness (QED) is 0.570. The number of nitrogens with one attached hydrogen (secondary N) is 1.